The molecule has 3 fully saturated rings. The van der Waals surface area contributed by atoms with Crippen LogP contribution >= 0.6 is 0 Å². The zero-order valence-corrected chi connectivity index (χ0v) is 19.9. The lowest BCUT2D eigenvalue weighted by Gasteiger charge is -2.39. The first kappa shape index (κ1) is 22.7. The van der Waals surface area contributed by atoms with E-state index < -0.39 is 11.6 Å². The Morgan fingerprint density at radius 1 is 0.829 bits per heavy atom. The summed E-state index contributed by atoms with van der Waals surface area (Å²) in [5.74, 6) is -0.871. The molecule has 6 rings (SSSR count). The summed E-state index contributed by atoms with van der Waals surface area (Å²) in [6, 6.07) is 24.7. The molecular formula is C30H32F2N2O. The second-order valence-electron chi connectivity index (χ2n) is 10.4. The van der Waals surface area contributed by atoms with Crippen LogP contribution < -0.4 is 10.1 Å². The van der Waals surface area contributed by atoms with E-state index in [4.69, 9.17) is 4.74 Å². The van der Waals surface area contributed by atoms with Gasteiger partial charge >= 0.3 is 0 Å². The highest BCUT2D eigenvalue weighted by molar-refractivity contribution is 5.43. The van der Waals surface area contributed by atoms with Gasteiger partial charge in [0.25, 0.3) is 0 Å². The second-order valence-corrected chi connectivity index (χ2v) is 10.4. The molecule has 2 aliphatic heterocycles. The third-order valence-electron chi connectivity index (χ3n) is 8.00. The molecule has 0 spiro atoms. The highest BCUT2D eigenvalue weighted by atomic mass is 19.1. The van der Waals surface area contributed by atoms with Crippen molar-refractivity contribution >= 4 is 0 Å². The number of halogens is 2. The van der Waals surface area contributed by atoms with Crippen LogP contribution in [0.25, 0.3) is 0 Å². The molecule has 2 saturated heterocycles. The first-order valence-electron chi connectivity index (χ1n) is 12.9. The Hall–Kier alpha value is -2.76. The SMILES string of the molecule is Fc1cc(F)c(OCc2ccccc2)c([C@@H]2C[C@H]2NC2CC3CCC(C2)N3Cc2ccccc2)c1. The molecule has 0 amide bonds. The standard InChI is InChI=1S/C30H32F2N2O/c31-22-13-27(30(28(32)14-22)35-19-21-9-5-2-6-10-21)26-17-29(26)33-23-15-24-11-12-25(16-23)34(24)18-20-7-3-1-4-8-20/h1-10,13-14,23-26,29,33H,11-12,15-19H2/t23?,24?,25?,26-,29+/m0/s1. The van der Waals surface area contributed by atoms with Gasteiger partial charge in [0.15, 0.2) is 11.6 Å². The van der Waals surface area contributed by atoms with E-state index in [1.165, 1.54) is 24.5 Å². The minimum atomic E-state index is -0.617. The van der Waals surface area contributed by atoms with Gasteiger partial charge in [0.1, 0.15) is 12.4 Å². The van der Waals surface area contributed by atoms with Gasteiger partial charge in [-0.1, -0.05) is 60.7 Å². The summed E-state index contributed by atoms with van der Waals surface area (Å²) in [5.41, 5.74) is 3.00. The van der Waals surface area contributed by atoms with Crippen molar-refractivity contribution in [1.29, 1.82) is 0 Å². The van der Waals surface area contributed by atoms with Crippen molar-refractivity contribution in [2.75, 3.05) is 0 Å². The highest BCUT2D eigenvalue weighted by Gasteiger charge is 2.46. The summed E-state index contributed by atoms with van der Waals surface area (Å²) < 4.78 is 34.8. The Kier molecular flexibility index (Phi) is 6.29. The number of nitrogens with zero attached hydrogens (tertiary/aromatic N) is 1. The van der Waals surface area contributed by atoms with E-state index in [-0.39, 0.29) is 24.3 Å². The predicted octanol–water partition coefficient (Wildman–Crippen LogP) is 6.18. The van der Waals surface area contributed by atoms with Gasteiger partial charge in [-0.15, -0.1) is 0 Å². The minimum Gasteiger partial charge on any atom is -0.486 e. The van der Waals surface area contributed by atoms with Crippen molar-refractivity contribution in [3.05, 3.63) is 101 Å². The quantitative estimate of drug-likeness (QED) is 0.422. The average molecular weight is 475 g/mol. The number of ether oxygens (including phenoxy) is 1. The average Bonchev–Trinajstić information content (AvgIpc) is 3.58. The van der Waals surface area contributed by atoms with Crippen molar-refractivity contribution in [1.82, 2.24) is 10.2 Å². The van der Waals surface area contributed by atoms with Crippen LogP contribution in [0.3, 0.4) is 0 Å². The Bertz CT molecular complexity index is 1140. The maximum Gasteiger partial charge on any atom is 0.168 e. The monoisotopic (exact) mass is 474 g/mol. The van der Waals surface area contributed by atoms with Crippen molar-refractivity contribution < 1.29 is 13.5 Å². The molecule has 2 unspecified atom stereocenters. The number of fused-ring (bicyclic) bond motifs is 2. The Labute approximate surface area is 206 Å². The maximum absolute atomic E-state index is 14.7. The van der Waals surface area contributed by atoms with Crippen LogP contribution in [0.2, 0.25) is 0 Å². The molecule has 2 bridgehead atoms. The molecule has 35 heavy (non-hydrogen) atoms. The van der Waals surface area contributed by atoms with Gasteiger partial charge in [-0.2, -0.15) is 0 Å². The molecular weight excluding hydrogens is 442 g/mol. The van der Waals surface area contributed by atoms with Gasteiger partial charge < -0.3 is 10.1 Å². The summed E-state index contributed by atoms with van der Waals surface area (Å²) >= 11 is 0. The number of nitrogens with one attached hydrogen (secondary N) is 1. The first-order valence-corrected chi connectivity index (χ1v) is 12.9. The van der Waals surface area contributed by atoms with Gasteiger partial charge in [0.05, 0.1) is 0 Å². The van der Waals surface area contributed by atoms with Crippen LogP contribution in [-0.4, -0.2) is 29.1 Å². The smallest absolute Gasteiger partial charge is 0.168 e. The number of hydrogen-bond donors (Lipinski definition) is 1. The zero-order valence-electron chi connectivity index (χ0n) is 19.9. The van der Waals surface area contributed by atoms with Crippen molar-refractivity contribution in [2.45, 2.75) is 75.3 Å². The number of piperidine rings is 1. The Morgan fingerprint density at radius 3 is 2.17 bits per heavy atom. The molecule has 182 valence electrons. The number of benzene rings is 3. The van der Waals surface area contributed by atoms with Crippen LogP contribution in [0.5, 0.6) is 5.75 Å². The van der Waals surface area contributed by atoms with E-state index in [1.54, 1.807) is 0 Å². The summed E-state index contributed by atoms with van der Waals surface area (Å²) in [6.45, 7) is 1.30. The van der Waals surface area contributed by atoms with Crippen molar-refractivity contribution in [3.8, 4) is 5.75 Å². The van der Waals surface area contributed by atoms with Crippen LogP contribution in [0.15, 0.2) is 72.8 Å². The largest absolute Gasteiger partial charge is 0.486 e. The second kappa shape index (κ2) is 9.71. The third kappa shape index (κ3) is 4.98. The summed E-state index contributed by atoms with van der Waals surface area (Å²) in [4.78, 5) is 2.69. The fourth-order valence-corrected chi connectivity index (χ4v) is 6.23. The van der Waals surface area contributed by atoms with Gasteiger partial charge in [0, 0.05) is 48.3 Å². The molecule has 4 atom stereocenters. The lowest BCUT2D eigenvalue weighted by Crippen LogP contribution is -2.49. The van der Waals surface area contributed by atoms with Crippen LogP contribution in [0.4, 0.5) is 8.78 Å². The first-order chi connectivity index (χ1) is 17.1. The van der Waals surface area contributed by atoms with Crippen LogP contribution in [0, 0.1) is 11.6 Å². The molecule has 3 aliphatic rings. The van der Waals surface area contributed by atoms with Gasteiger partial charge in [-0.25, -0.2) is 8.78 Å². The summed E-state index contributed by atoms with van der Waals surface area (Å²) in [7, 11) is 0. The van der Waals surface area contributed by atoms with E-state index in [0.717, 1.165) is 37.4 Å². The summed E-state index contributed by atoms with van der Waals surface area (Å²) in [5, 5.41) is 3.84. The molecule has 1 saturated carbocycles. The molecule has 1 N–H and O–H groups in total. The van der Waals surface area contributed by atoms with E-state index >= 15 is 0 Å². The molecule has 2 heterocycles. The molecule has 0 aromatic heterocycles. The van der Waals surface area contributed by atoms with Crippen LogP contribution in [0.1, 0.15) is 54.7 Å². The summed E-state index contributed by atoms with van der Waals surface area (Å²) in [6.07, 6.45) is 5.69. The molecule has 0 radical (unpaired) electrons. The van der Waals surface area contributed by atoms with Gasteiger partial charge in [-0.3, -0.25) is 4.90 Å². The Morgan fingerprint density at radius 2 is 1.49 bits per heavy atom. The van der Waals surface area contributed by atoms with Gasteiger partial charge in [0.2, 0.25) is 0 Å². The maximum atomic E-state index is 14.7. The fourth-order valence-electron chi connectivity index (χ4n) is 6.23. The topological polar surface area (TPSA) is 24.5 Å². The highest BCUT2D eigenvalue weighted by Crippen LogP contribution is 2.47. The number of rotatable bonds is 8. The van der Waals surface area contributed by atoms with E-state index in [1.807, 2.05) is 30.3 Å². The Balaban J connectivity index is 1.09. The minimum absolute atomic E-state index is 0.0889. The lowest BCUT2D eigenvalue weighted by molar-refractivity contribution is 0.108. The fraction of sp³-hybridized carbons (Fsp3) is 0.400. The number of hydrogen-bond acceptors (Lipinski definition) is 3. The van der Waals surface area contributed by atoms with E-state index in [9.17, 15) is 8.78 Å². The normalized spacial score (nSPS) is 27.7. The molecule has 1 aliphatic carbocycles. The van der Waals surface area contributed by atoms with Crippen molar-refractivity contribution in [3.63, 3.8) is 0 Å². The van der Waals surface area contributed by atoms with Crippen LogP contribution in [-0.2, 0) is 13.2 Å². The van der Waals surface area contributed by atoms with E-state index in [0.29, 0.717) is 23.7 Å². The van der Waals surface area contributed by atoms with E-state index in [2.05, 4.69) is 40.5 Å². The molecule has 5 heteroatoms. The molecule has 3 aromatic rings. The van der Waals surface area contributed by atoms with Gasteiger partial charge in [-0.05, 0) is 49.3 Å². The zero-order chi connectivity index (χ0) is 23.8. The predicted molar refractivity (Wildman–Crippen MR) is 133 cm³/mol. The molecule has 3 aromatic carbocycles. The third-order valence-corrected chi connectivity index (χ3v) is 8.00. The van der Waals surface area contributed by atoms with Crippen molar-refractivity contribution in [2.24, 2.45) is 0 Å². The lowest BCUT2D eigenvalue weighted by atomic mass is 9.96. The molecule has 3 nitrogen and oxygen atoms in total.